The Bertz CT molecular complexity index is 262. The number of nitrogens with one attached hydrogen (secondary N) is 1. The van der Waals surface area contributed by atoms with Crippen molar-refractivity contribution in [1.29, 1.82) is 0 Å². The lowest BCUT2D eigenvalue weighted by Crippen LogP contribution is -2.51. The number of carbonyl (C=O) groups is 1. The summed E-state index contributed by atoms with van der Waals surface area (Å²) in [5.74, 6) is 0.233. The monoisotopic (exact) mass is 226 g/mol. The van der Waals surface area contributed by atoms with Crippen molar-refractivity contribution < 1.29 is 9.90 Å². The third-order valence-corrected chi connectivity index (χ3v) is 3.98. The summed E-state index contributed by atoms with van der Waals surface area (Å²) >= 11 is 0. The van der Waals surface area contributed by atoms with Crippen molar-refractivity contribution in [2.75, 3.05) is 26.2 Å². The Morgan fingerprint density at radius 2 is 2.38 bits per heavy atom. The van der Waals surface area contributed by atoms with Crippen molar-refractivity contribution >= 4 is 5.91 Å². The number of rotatable bonds is 2. The van der Waals surface area contributed by atoms with Crippen molar-refractivity contribution in [2.24, 2.45) is 5.41 Å². The first kappa shape index (κ1) is 11.9. The van der Waals surface area contributed by atoms with Crippen LogP contribution in [0.3, 0.4) is 0 Å². The molecule has 92 valence electrons. The number of likely N-dealkylation sites (tertiary alicyclic amines) is 1. The van der Waals surface area contributed by atoms with Gasteiger partial charge in [0.2, 0.25) is 5.91 Å². The van der Waals surface area contributed by atoms with Gasteiger partial charge in [0.05, 0.1) is 18.1 Å². The zero-order valence-electron chi connectivity index (χ0n) is 10.0. The number of hydrogen-bond donors (Lipinski definition) is 2. The largest absolute Gasteiger partial charge is 0.394 e. The minimum Gasteiger partial charge on any atom is -0.394 e. The average molecular weight is 226 g/mol. The summed E-state index contributed by atoms with van der Waals surface area (Å²) in [6.45, 7) is 4.67. The molecule has 0 spiro atoms. The van der Waals surface area contributed by atoms with Gasteiger partial charge in [-0.15, -0.1) is 0 Å². The van der Waals surface area contributed by atoms with Crippen molar-refractivity contribution in [3.8, 4) is 0 Å². The molecule has 0 aromatic carbocycles. The lowest BCUT2D eigenvalue weighted by atomic mass is 9.86. The van der Waals surface area contributed by atoms with Crippen LogP contribution >= 0.6 is 0 Å². The number of hydrogen-bond acceptors (Lipinski definition) is 3. The molecule has 0 saturated carbocycles. The molecule has 2 rings (SSSR count). The van der Waals surface area contributed by atoms with Gasteiger partial charge in [-0.25, -0.2) is 0 Å². The van der Waals surface area contributed by atoms with E-state index in [2.05, 4.69) is 5.32 Å². The zero-order valence-corrected chi connectivity index (χ0v) is 10.0. The lowest BCUT2D eigenvalue weighted by Gasteiger charge is -2.39. The van der Waals surface area contributed by atoms with Crippen LogP contribution in [0, 0.1) is 5.41 Å². The quantitative estimate of drug-likeness (QED) is 0.715. The van der Waals surface area contributed by atoms with Crippen LogP contribution in [0.2, 0.25) is 0 Å². The van der Waals surface area contributed by atoms with Crippen LogP contribution in [-0.2, 0) is 4.79 Å². The van der Waals surface area contributed by atoms with E-state index in [4.69, 9.17) is 0 Å². The molecular weight excluding hydrogens is 204 g/mol. The molecule has 0 radical (unpaired) electrons. The Morgan fingerprint density at radius 1 is 1.56 bits per heavy atom. The molecule has 4 nitrogen and oxygen atoms in total. The summed E-state index contributed by atoms with van der Waals surface area (Å²) in [4.78, 5) is 14.4. The van der Waals surface area contributed by atoms with Gasteiger partial charge in [-0.2, -0.15) is 0 Å². The first-order valence-corrected chi connectivity index (χ1v) is 6.30. The van der Waals surface area contributed by atoms with Crippen LogP contribution in [-0.4, -0.2) is 48.2 Å². The number of carbonyl (C=O) groups excluding carboxylic acids is 1. The van der Waals surface area contributed by atoms with E-state index in [0.29, 0.717) is 0 Å². The van der Waals surface area contributed by atoms with Gasteiger partial charge in [0.15, 0.2) is 0 Å². The van der Waals surface area contributed by atoms with Gasteiger partial charge < -0.3 is 15.3 Å². The topological polar surface area (TPSA) is 52.6 Å². The maximum atomic E-state index is 12.5. The first-order valence-electron chi connectivity index (χ1n) is 6.30. The molecule has 4 heteroatoms. The molecular formula is C12H22N2O2. The van der Waals surface area contributed by atoms with Crippen LogP contribution in [0.5, 0.6) is 0 Å². The number of nitrogens with zero attached hydrogens (tertiary/aromatic N) is 1. The number of amides is 1. The Balaban J connectivity index is 2.07. The van der Waals surface area contributed by atoms with Crippen LogP contribution in [0.4, 0.5) is 0 Å². The van der Waals surface area contributed by atoms with Crippen molar-refractivity contribution in [3.63, 3.8) is 0 Å². The highest BCUT2D eigenvalue weighted by molar-refractivity contribution is 5.83. The molecule has 2 unspecified atom stereocenters. The number of aliphatic hydroxyl groups excluding tert-OH is 1. The van der Waals surface area contributed by atoms with E-state index >= 15 is 0 Å². The highest BCUT2D eigenvalue weighted by Crippen LogP contribution is 2.30. The fraction of sp³-hybridized carbons (Fsp3) is 0.917. The highest BCUT2D eigenvalue weighted by atomic mass is 16.3. The van der Waals surface area contributed by atoms with Crippen molar-refractivity contribution in [1.82, 2.24) is 10.2 Å². The van der Waals surface area contributed by atoms with Gasteiger partial charge in [-0.3, -0.25) is 4.79 Å². The molecule has 2 aliphatic heterocycles. The molecule has 2 saturated heterocycles. The Hall–Kier alpha value is -0.610. The molecule has 0 aliphatic carbocycles. The summed E-state index contributed by atoms with van der Waals surface area (Å²) in [6, 6.07) is 0.0543. The fourth-order valence-electron chi connectivity index (χ4n) is 2.80. The normalized spacial score (nSPS) is 35.4. The van der Waals surface area contributed by atoms with Crippen molar-refractivity contribution in [3.05, 3.63) is 0 Å². The molecule has 2 aliphatic rings. The van der Waals surface area contributed by atoms with E-state index in [1.54, 1.807) is 0 Å². The average Bonchev–Trinajstić information content (AvgIpc) is 2.76. The molecule has 2 fully saturated rings. The summed E-state index contributed by atoms with van der Waals surface area (Å²) in [5, 5.41) is 12.6. The summed E-state index contributed by atoms with van der Waals surface area (Å²) in [6.07, 6.45) is 4.07. The third-order valence-electron chi connectivity index (χ3n) is 3.98. The van der Waals surface area contributed by atoms with E-state index in [-0.39, 0.29) is 24.0 Å². The van der Waals surface area contributed by atoms with Gasteiger partial charge in [0.25, 0.3) is 0 Å². The maximum absolute atomic E-state index is 12.5. The molecule has 1 amide bonds. The van der Waals surface area contributed by atoms with Gasteiger partial charge in [-0.05, 0) is 39.2 Å². The predicted octanol–water partition coefficient (Wildman–Crippen LogP) is 0.359. The molecule has 0 aromatic rings. The van der Waals surface area contributed by atoms with Crippen LogP contribution < -0.4 is 5.32 Å². The summed E-state index contributed by atoms with van der Waals surface area (Å²) < 4.78 is 0. The summed E-state index contributed by atoms with van der Waals surface area (Å²) in [7, 11) is 0. The van der Waals surface area contributed by atoms with Crippen LogP contribution in [0.1, 0.15) is 32.6 Å². The molecule has 2 atom stereocenters. The Morgan fingerprint density at radius 3 is 3.00 bits per heavy atom. The van der Waals surface area contributed by atoms with E-state index in [1.807, 2.05) is 11.8 Å². The molecule has 2 N–H and O–H groups in total. The van der Waals surface area contributed by atoms with Crippen molar-refractivity contribution in [2.45, 2.75) is 38.6 Å². The Kier molecular flexibility index (Phi) is 3.50. The smallest absolute Gasteiger partial charge is 0.230 e. The number of piperidine rings is 1. The van der Waals surface area contributed by atoms with E-state index < -0.39 is 0 Å². The second-order valence-electron chi connectivity index (χ2n) is 5.32. The number of aliphatic hydroxyl groups is 1. The highest BCUT2D eigenvalue weighted by Gasteiger charge is 2.41. The standard InChI is InChI=1S/C12H22N2O2/c1-12(5-6-13-9-12)11(16)14-7-3-2-4-10(14)8-15/h10,13,15H,2-9H2,1H3. The summed E-state index contributed by atoms with van der Waals surface area (Å²) in [5.41, 5.74) is -0.245. The van der Waals surface area contributed by atoms with Gasteiger partial charge in [0.1, 0.15) is 0 Å². The molecule has 2 heterocycles. The third kappa shape index (κ3) is 2.09. The van der Waals surface area contributed by atoms with Gasteiger partial charge in [0, 0.05) is 13.1 Å². The van der Waals surface area contributed by atoms with E-state index in [9.17, 15) is 9.90 Å². The zero-order chi connectivity index (χ0) is 11.6. The fourth-order valence-corrected chi connectivity index (χ4v) is 2.80. The van der Waals surface area contributed by atoms with Crippen LogP contribution in [0.25, 0.3) is 0 Å². The molecule has 16 heavy (non-hydrogen) atoms. The maximum Gasteiger partial charge on any atom is 0.230 e. The second kappa shape index (κ2) is 4.72. The molecule has 0 bridgehead atoms. The SMILES string of the molecule is CC1(C(=O)N2CCCCC2CO)CCNC1. The molecule has 0 aromatic heterocycles. The second-order valence-corrected chi connectivity index (χ2v) is 5.32. The van der Waals surface area contributed by atoms with Gasteiger partial charge in [-0.1, -0.05) is 0 Å². The lowest BCUT2D eigenvalue weighted by molar-refractivity contribution is -0.145. The first-order chi connectivity index (χ1) is 7.67. The van der Waals surface area contributed by atoms with Gasteiger partial charge >= 0.3 is 0 Å². The van der Waals surface area contributed by atoms with E-state index in [0.717, 1.165) is 45.3 Å². The minimum atomic E-state index is -0.245. The predicted molar refractivity (Wildman–Crippen MR) is 62.0 cm³/mol. The minimum absolute atomic E-state index is 0.0543. The Labute approximate surface area is 97.0 Å². The van der Waals surface area contributed by atoms with E-state index in [1.165, 1.54) is 0 Å². The van der Waals surface area contributed by atoms with Crippen LogP contribution in [0.15, 0.2) is 0 Å².